The summed E-state index contributed by atoms with van der Waals surface area (Å²) in [5.41, 5.74) is 0.329. The third-order valence-electron chi connectivity index (χ3n) is 1.04. The third-order valence-corrected chi connectivity index (χ3v) is 1.04. The number of hydrogen-bond acceptors (Lipinski definition) is 6. The number of aromatic amines is 1. The molecule has 0 unspecified atom stereocenters. The number of H-pyrrole nitrogens is 1. The predicted molar refractivity (Wildman–Crippen MR) is 37.7 cm³/mol. The van der Waals surface area contributed by atoms with Crippen LogP contribution in [0.3, 0.4) is 0 Å². The second-order valence-electron chi connectivity index (χ2n) is 1.73. The molecule has 2 rings (SSSR count). The molecule has 0 aliphatic heterocycles. The van der Waals surface area contributed by atoms with Crippen molar-refractivity contribution in [1.29, 1.82) is 0 Å². The minimum atomic E-state index is -0.636. The number of rotatable bonds is 1. The van der Waals surface area contributed by atoms with Gasteiger partial charge in [-0.25, -0.2) is 4.79 Å². The molecule has 2 aromatic rings. The van der Waals surface area contributed by atoms with Crippen LogP contribution >= 0.6 is 12.4 Å². The van der Waals surface area contributed by atoms with E-state index in [1.54, 1.807) is 0 Å². The van der Waals surface area contributed by atoms with Crippen molar-refractivity contribution in [2.75, 3.05) is 0 Å². The average molecular weight is 191 g/mol. The van der Waals surface area contributed by atoms with Gasteiger partial charge in [0.2, 0.25) is 5.82 Å². The van der Waals surface area contributed by atoms with E-state index in [1.807, 2.05) is 0 Å². The molecule has 0 aliphatic rings. The van der Waals surface area contributed by atoms with Gasteiger partial charge in [0.05, 0.1) is 0 Å². The van der Waals surface area contributed by atoms with Crippen molar-refractivity contribution in [2.45, 2.75) is 0 Å². The van der Waals surface area contributed by atoms with Crippen LogP contribution in [0.1, 0.15) is 0 Å². The number of halogens is 1. The molecular formula is C4H3ClN4O3. The maximum absolute atomic E-state index is 10.4. The first kappa shape index (κ1) is 8.47. The van der Waals surface area contributed by atoms with E-state index in [0.717, 1.165) is 0 Å². The van der Waals surface area contributed by atoms with E-state index in [1.165, 1.54) is 6.26 Å². The van der Waals surface area contributed by atoms with Gasteiger partial charge >= 0.3 is 5.76 Å². The van der Waals surface area contributed by atoms with Gasteiger partial charge in [-0.15, -0.1) is 17.5 Å². The Balaban J connectivity index is 0.000000720. The molecule has 12 heavy (non-hydrogen) atoms. The fraction of sp³-hybridized carbons (Fsp3) is 0. The standard InChI is InChI=1S/C4H2N4O3.ClH/c9-4-5-3(7-11-4)2-1-10-8-6-2;/h1H,(H,5,7,9);1H. The molecule has 0 spiro atoms. The minimum absolute atomic E-state index is 0. The SMILES string of the molecule is Cl.O=c1[nH]c(-c2conn2)no1. The summed E-state index contributed by atoms with van der Waals surface area (Å²) in [6, 6.07) is 0. The van der Waals surface area contributed by atoms with E-state index in [9.17, 15) is 4.79 Å². The van der Waals surface area contributed by atoms with E-state index in [4.69, 9.17) is 0 Å². The van der Waals surface area contributed by atoms with Gasteiger partial charge in [-0.2, -0.15) is 0 Å². The van der Waals surface area contributed by atoms with Crippen LogP contribution in [-0.2, 0) is 0 Å². The van der Waals surface area contributed by atoms with Gasteiger partial charge in [0.25, 0.3) is 0 Å². The number of hydrogen-bond donors (Lipinski definition) is 1. The molecule has 8 heteroatoms. The normalized spacial score (nSPS) is 9.33. The van der Waals surface area contributed by atoms with E-state index in [2.05, 4.69) is 29.6 Å². The molecule has 0 aromatic carbocycles. The van der Waals surface area contributed by atoms with Crippen molar-refractivity contribution in [3.8, 4) is 11.5 Å². The van der Waals surface area contributed by atoms with Crippen LogP contribution in [0.5, 0.6) is 0 Å². The van der Waals surface area contributed by atoms with Crippen LogP contribution in [0.2, 0.25) is 0 Å². The Morgan fingerprint density at radius 3 is 2.83 bits per heavy atom. The zero-order valence-corrected chi connectivity index (χ0v) is 6.37. The van der Waals surface area contributed by atoms with Gasteiger partial charge in [0.15, 0.2) is 12.0 Å². The Hall–Kier alpha value is -1.63. The molecule has 1 N–H and O–H groups in total. The molecule has 0 amide bonds. The summed E-state index contributed by atoms with van der Waals surface area (Å²) >= 11 is 0. The molecule has 0 fully saturated rings. The highest BCUT2D eigenvalue weighted by molar-refractivity contribution is 5.85. The highest BCUT2D eigenvalue weighted by atomic mass is 35.5. The highest BCUT2D eigenvalue weighted by Crippen LogP contribution is 2.05. The van der Waals surface area contributed by atoms with Crippen LogP contribution in [0, 0.1) is 0 Å². The first-order valence-corrected chi connectivity index (χ1v) is 2.69. The number of aromatic nitrogens is 4. The average Bonchev–Trinajstić information content (AvgIpc) is 2.55. The van der Waals surface area contributed by atoms with E-state index in [-0.39, 0.29) is 18.2 Å². The van der Waals surface area contributed by atoms with Crippen molar-refractivity contribution in [1.82, 2.24) is 20.5 Å². The summed E-state index contributed by atoms with van der Waals surface area (Å²) in [6.45, 7) is 0. The molecule has 0 saturated heterocycles. The molecule has 0 saturated carbocycles. The lowest BCUT2D eigenvalue weighted by molar-refractivity contribution is 0.387. The van der Waals surface area contributed by atoms with Crippen LogP contribution in [-0.4, -0.2) is 20.5 Å². The summed E-state index contributed by atoms with van der Waals surface area (Å²) in [4.78, 5) is 12.7. The van der Waals surface area contributed by atoms with Gasteiger partial charge in [-0.1, -0.05) is 5.16 Å². The third kappa shape index (κ3) is 1.35. The van der Waals surface area contributed by atoms with Crippen LogP contribution in [0.4, 0.5) is 0 Å². The van der Waals surface area contributed by atoms with Crippen molar-refractivity contribution in [3.63, 3.8) is 0 Å². The molecule has 2 aromatic heterocycles. The fourth-order valence-corrected chi connectivity index (χ4v) is 0.608. The van der Waals surface area contributed by atoms with Gasteiger partial charge in [-0.05, 0) is 0 Å². The lowest BCUT2D eigenvalue weighted by atomic mass is 10.5. The highest BCUT2D eigenvalue weighted by Gasteiger charge is 2.06. The van der Waals surface area contributed by atoms with Gasteiger partial charge < -0.3 is 4.52 Å². The molecule has 0 bridgehead atoms. The summed E-state index contributed by atoms with van der Waals surface area (Å²) in [5.74, 6) is -0.431. The van der Waals surface area contributed by atoms with E-state index in [0.29, 0.717) is 5.69 Å². The van der Waals surface area contributed by atoms with Crippen LogP contribution < -0.4 is 5.76 Å². The summed E-state index contributed by atoms with van der Waals surface area (Å²) in [7, 11) is 0. The van der Waals surface area contributed by atoms with Crippen molar-refractivity contribution < 1.29 is 9.05 Å². The molecule has 64 valence electrons. The Labute approximate surface area is 71.1 Å². The Kier molecular flexibility index (Phi) is 2.24. The number of nitrogens with zero attached hydrogens (tertiary/aromatic N) is 3. The summed E-state index contributed by atoms with van der Waals surface area (Å²) < 4.78 is 8.63. The fourth-order valence-electron chi connectivity index (χ4n) is 0.608. The zero-order chi connectivity index (χ0) is 7.68. The smallest absolute Gasteiger partial charge is 0.345 e. The van der Waals surface area contributed by atoms with E-state index >= 15 is 0 Å². The van der Waals surface area contributed by atoms with Crippen LogP contribution in [0.25, 0.3) is 11.5 Å². The lowest BCUT2D eigenvalue weighted by Gasteiger charge is -1.76. The first-order chi connectivity index (χ1) is 5.36. The van der Waals surface area contributed by atoms with Gasteiger partial charge in [-0.3, -0.25) is 9.51 Å². The topological polar surface area (TPSA) is 97.8 Å². The Bertz CT molecular complexity index is 390. The lowest BCUT2D eigenvalue weighted by Crippen LogP contribution is -1.94. The first-order valence-electron chi connectivity index (χ1n) is 2.69. The molecular weight excluding hydrogens is 188 g/mol. The minimum Gasteiger partial charge on any atom is -0.345 e. The molecule has 2 heterocycles. The zero-order valence-electron chi connectivity index (χ0n) is 5.55. The largest absolute Gasteiger partial charge is 0.439 e. The maximum Gasteiger partial charge on any atom is 0.439 e. The second-order valence-corrected chi connectivity index (χ2v) is 1.73. The quantitative estimate of drug-likeness (QED) is 0.671. The van der Waals surface area contributed by atoms with Gasteiger partial charge in [0, 0.05) is 5.27 Å². The Morgan fingerprint density at radius 1 is 1.50 bits per heavy atom. The molecule has 7 nitrogen and oxygen atoms in total. The van der Waals surface area contributed by atoms with Crippen molar-refractivity contribution in [2.24, 2.45) is 0 Å². The maximum atomic E-state index is 10.4. The van der Waals surface area contributed by atoms with Crippen molar-refractivity contribution in [3.05, 3.63) is 16.8 Å². The summed E-state index contributed by atoms with van der Waals surface area (Å²) in [5, 5.41) is 10.0. The van der Waals surface area contributed by atoms with E-state index < -0.39 is 5.76 Å². The monoisotopic (exact) mass is 190 g/mol. The second kappa shape index (κ2) is 3.18. The predicted octanol–water partition coefficient (Wildman–Crippen LogP) is -0.165. The Morgan fingerprint density at radius 2 is 2.33 bits per heavy atom. The van der Waals surface area contributed by atoms with Gasteiger partial charge in [0.1, 0.15) is 0 Å². The van der Waals surface area contributed by atoms with Crippen molar-refractivity contribution >= 4 is 12.4 Å². The molecule has 0 radical (unpaired) electrons. The summed E-state index contributed by atoms with van der Waals surface area (Å²) in [6.07, 6.45) is 1.24. The van der Waals surface area contributed by atoms with Crippen LogP contribution in [0.15, 0.2) is 20.1 Å². The molecule has 0 aliphatic carbocycles. The molecule has 0 atom stereocenters. The number of nitrogens with one attached hydrogen (secondary N) is 1.